The average Bonchev–Trinajstić information content (AvgIpc) is 3.42. The fourth-order valence-corrected chi connectivity index (χ4v) is 3.11. The lowest BCUT2D eigenvalue weighted by Crippen LogP contribution is -2.43. The molecule has 0 saturated heterocycles. The number of halogens is 2. The number of carbonyl (C=O) groups excluding carboxylic acids is 1. The van der Waals surface area contributed by atoms with E-state index in [0.29, 0.717) is 12.0 Å². The molecule has 136 valence electrons. The van der Waals surface area contributed by atoms with Crippen molar-refractivity contribution in [3.8, 4) is 0 Å². The fourth-order valence-electron chi connectivity index (χ4n) is 3.11. The Morgan fingerprint density at radius 2 is 1.85 bits per heavy atom. The highest BCUT2D eigenvalue weighted by atomic mass is 19.2. The molecule has 1 aliphatic rings. The highest BCUT2D eigenvalue weighted by Crippen LogP contribution is 2.49. The van der Waals surface area contributed by atoms with Gasteiger partial charge in [0.05, 0.1) is 0 Å². The van der Waals surface area contributed by atoms with E-state index in [1.54, 1.807) is 0 Å². The van der Waals surface area contributed by atoms with Gasteiger partial charge in [-0.25, -0.2) is 13.6 Å². The lowest BCUT2D eigenvalue weighted by Gasteiger charge is -2.27. The normalized spacial score (nSPS) is 19.7. The Morgan fingerprint density at radius 1 is 1.15 bits per heavy atom. The summed E-state index contributed by atoms with van der Waals surface area (Å²) in [5.41, 5.74) is 1.39. The molecule has 2 aromatic rings. The van der Waals surface area contributed by atoms with E-state index in [0.717, 1.165) is 17.7 Å². The fraction of sp³-hybridized carbons (Fsp3) is 0.300. The summed E-state index contributed by atoms with van der Waals surface area (Å²) < 4.78 is 26.5. The molecular formula is C20H19F2NO3. The van der Waals surface area contributed by atoms with Crippen LogP contribution in [0, 0.1) is 17.6 Å². The summed E-state index contributed by atoms with van der Waals surface area (Å²) >= 11 is 0. The number of hydrogen-bond donors (Lipinski definition) is 1. The molecule has 26 heavy (non-hydrogen) atoms. The summed E-state index contributed by atoms with van der Waals surface area (Å²) in [6.07, 6.45) is 0.502. The van der Waals surface area contributed by atoms with Crippen LogP contribution < -0.4 is 0 Å². The van der Waals surface area contributed by atoms with Gasteiger partial charge in [-0.05, 0) is 42.5 Å². The van der Waals surface area contributed by atoms with E-state index in [1.807, 2.05) is 30.3 Å². The van der Waals surface area contributed by atoms with E-state index in [2.05, 4.69) is 0 Å². The van der Waals surface area contributed by atoms with Crippen LogP contribution in [0.4, 0.5) is 8.78 Å². The predicted molar refractivity (Wildman–Crippen MR) is 91.3 cm³/mol. The molecule has 4 nitrogen and oxygen atoms in total. The van der Waals surface area contributed by atoms with Crippen molar-refractivity contribution >= 4 is 11.9 Å². The third kappa shape index (κ3) is 3.74. The number of carboxylic acids is 1. The van der Waals surface area contributed by atoms with Crippen LogP contribution in [0.15, 0.2) is 48.5 Å². The van der Waals surface area contributed by atoms with Gasteiger partial charge in [0.2, 0.25) is 5.91 Å². The molecule has 6 heteroatoms. The van der Waals surface area contributed by atoms with Crippen LogP contribution in [0.2, 0.25) is 0 Å². The summed E-state index contributed by atoms with van der Waals surface area (Å²) in [5.74, 6) is -3.86. The van der Waals surface area contributed by atoms with E-state index < -0.39 is 29.6 Å². The molecule has 0 heterocycles. The minimum atomic E-state index is -1.08. The molecule has 0 spiro atoms. The molecule has 0 aromatic heterocycles. The van der Waals surface area contributed by atoms with Crippen LogP contribution in [0.3, 0.4) is 0 Å². The standard InChI is InChI=1S/C20H19F2NO3/c1-12(20(25)26)23(11-13-5-3-2-4-6-13)19(24)16-10-15(16)14-7-8-17(21)18(22)9-14/h2-9,12,15-16H,10-11H2,1H3,(H,25,26). The first kappa shape index (κ1) is 18.0. The van der Waals surface area contributed by atoms with Gasteiger partial charge in [0.25, 0.3) is 0 Å². The highest BCUT2D eigenvalue weighted by Gasteiger charge is 2.47. The van der Waals surface area contributed by atoms with Crippen molar-refractivity contribution in [2.75, 3.05) is 0 Å². The maximum atomic E-state index is 13.4. The molecule has 2 aromatic carbocycles. The summed E-state index contributed by atoms with van der Waals surface area (Å²) in [6.45, 7) is 1.66. The minimum Gasteiger partial charge on any atom is -0.480 e. The van der Waals surface area contributed by atoms with Gasteiger partial charge in [0.15, 0.2) is 11.6 Å². The second-order valence-corrected chi connectivity index (χ2v) is 6.59. The Labute approximate surface area is 150 Å². The molecule has 1 amide bonds. The van der Waals surface area contributed by atoms with Crippen molar-refractivity contribution < 1.29 is 23.5 Å². The molecule has 1 aliphatic carbocycles. The number of benzene rings is 2. The van der Waals surface area contributed by atoms with E-state index in [-0.39, 0.29) is 18.4 Å². The van der Waals surface area contributed by atoms with Crippen molar-refractivity contribution in [1.29, 1.82) is 0 Å². The largest absolute Gasteiger partial charge is 0.480 e. The monoisotopic (exact) mass is 359 g/mol. The van der Waals surface area contributed by atoms with Crippen LogP contribution in [0.5, 0.6) is 0 Å². The molecule has 0 radical (unpaired) electrons. The number of carbonyl (C=O) groups is 2. The molecule has 3 rings (SSSR count). The van der Waals surface area contributed by atoms with Gasteiger partial charge < -0.3 is 10.0 Å². The van der Waals surface area contributed by atoms with Crippen molar-refractivity contribution in [2.24, 2.45) is 5.92 Å². The van der Waals surface area contributed by atoms with E-state index in [4.69, 9.17) is 0 Å². The second kappa shape index (κ2) is 7.23. The molecular weight excluding hydrogens is 340 g/mol. The quantitative estimate of drug-likeness (QED) is 0.858. The highest BCUT2D eigenvalue weighted by molar-refractivity contribution is 5.87. The van der Waals surface area contributed by atoms with E-state index in [9.17, 15) is 23.5 Å². The van der Waals surface area contributed by atoms with Crippen molar-refractivity contribution in [3.63, 3.8) is 0 Å². The van der Waals surface area contributed by atoms with Gasteiger partial charge in [-0.1, -0.05) is 36.4 Å². The molecule has 0 bridgehead atoms. The maximum Gasteiger partial charge on any atom is 0.326 e. The van der Waals surface area contributed by atoms with Gasteiger partial charge in [-0.2, -0.15) is 0 Å². The van der Waals surface area contributed by atoms with Gasteiger partial charge in [0, 0.05) is 12.5 Å². The molecule has 1 N–H and O–H groups in total. The summed E-state index contributed by atoms with van der Waals surface area (Å²) in [7, 11) is 0. The van der Waals surface area contributed by atoms with Gasteiger partial charge in [0.1, 0.15) is 6.04 Å². The Kier molecular flexibility index (Phi) is 5.02. The van der Waals surface area contributed by atoms with Crippen molar-refractivity contribution in [1.82, 2.24) is 4.90 Å². The van der Waals surface area contributed by atoms with Gasteiger partial charge in [-0.15, -0.1) is 0 Å². The zero-order valence-corrected chi connectivity index (χ0v) is 14.2. The Balaban J connectivity index is 1.77. The average molecular weight is 359 g/mol. The van der Waals surface area contributed by atoms with Gasteiger partial charge in [-0.3, -0.25) is 4.79 Å². The SMILES string of the molecule is CC(C(=O)O)N(Cc1ccccc1)C(=O)C1CC1c1ccc(F)c(F)c1. The lowest BCUT2D eigenvalue weighted by atomic mass is 10.1. The number of hydrogen-bond acceptors (Lipinski definition) is 2. The molecule has 0 aliphatic heterocycles. The van der Waals surface area contributed by atoms with Gasteiger partial charge >= 0.3 is 5.97 Å². The van der Waals surface area contributed by atoms with Crippen LogP contribution in [-0.2, 0) is 16.1 Å². The summed E-state index contributed by atoms with van der Waals surface area (Å²) in [5, 5.41) is 9.35. The number of rotatable bonds is 6. The Morgan fingerprint density at radius 3 is 2.46 bits per heavy atom. The first-order valence-electron chi connectivity index (χ1n) is 8.40. The molecule has 1 fully saturated rings. The van der Waals surface area contributed by atoms with Crippen LogP contribution in [0.1, 0.15) is 30.4 Å². The molecule has 1 saturated carbocycles. The smallest absolute Gasteiger partial charge is 0.326 e. The van der Waals surface area contributed by atoms with Crippen LogP contribution >= 0.6 is 0 Å². The van der Waals surface area contributed by atoms with Crippen LogP contribution in [0.25, 0.3) is 0 Å². The van der Waals surface area contributed by atoms with Crippen molar-refractivity contribution in [2.45, 2.75) is 31.8 Å². The topological polar surface area (TPSA) is 57.6 Å². The Bertz CT molecular complexity index is 825. The molecule has 3 unspecified atom stereocenters. The zero-order valence-electron chi connectivity index (χ0n) is 14.2. The number of aliphatic carboxylic acids is 1. The third-order valence-electron chi connectivity index (χ3n) is 4.78. The number of carboxylic acid groups (broad SMARTS) is 1. The zero-order chi connectivity index (χ0) is 18.8. The van der Waals surface area contributed by atoms with E-state index in [1.165, 1.54) is 17.9 Å². The first-order valence-corrected chi connectivity index (χ1v) is 8.40. The number of nitrogens with zero attached hydrogens (tertiary/aromatic N) is 1. The number of amides is 1. The minimum absolute atomic E-state index is 0.189. The third-order valence-corrected chi connectivity index (χ3v) is 4.78. The Hall–Kier alpha value is -2.76. The van der Waals surface area contributed by atoms with E-state index >= 15 is 0 Å². The second-order valence-electron chi connectivity index (χ2n) is 6.59. The van der Waals surface area contributed by atoms with Crippen LogP contribution in [-0.4, -0.2) is 27.9 Å². The molecule has 3 atom stereocenters. The summed E-state index contributed by atoms with van der Waals surface area (Å²) in [4.78, 5) is 25.6. The van der Waals surface area contributed by atoms with Crippen molar-refractivity contribution in [3.05, 3.63) is 71.3 Å². The summed E-state index contributed by atoms with van der Waals surface area (Å²) in [6, 6.07) is 11.8. The predicted octanol–water partition coefficient (Wildman–Crippen LogP) is 3.57. The lowest BCUT2D eigenvalue weighted by molar-refractivity contribution is -0.150. The first-order chi connectivity index (χ1) is 12.4. The maximum absolute atomic E-state index is 13.4.